The Balaban J connectivity index is 2.77. The Morgan fingerprint density at radius 2 is 2.50 bits per heavy atom. The summed E-state index contributed by atoms with van der Waals surface area (Å²) in [4.78, 5) is 18.8. The van der Waals surface area contributed by atoms with E-state index in [9.17, 15) is 4.79 Å². The van der Waals surface area contributed by atoms with Gasteiger partial charge in [0.25, 0.3) is 0 Å². The summed E-state index contributed by atoms with van der Waals surface area (Å²) in [6.07, 6.45) is 8.21. The van der Waals surface area contributed by atoms with Gasteiger partial charge in [-0.25, -0.2) is 9.97 Å². The molecule has 1 heterocycles. The van der Waals surface area contributed by atoms with Crippen LogP contribution in [0.1, 0.15) is 18.2 Å². The fourth-order valence-corrected chi connectivity index (χ4v) is 0.985. The van der Waals surface area contributed by atoms with Crippen molar-refractivity contribution in [2.45, 2.75) is 13.3 Å². The fourth-order valence-electron chi connectivity index (χ4n) is 0.985. The van der Waals surface area contributed by atoms with Crippen LogP contribution in [0.2, 0.25) is 0 Å². The van der Waals surface area contributed by atoms with E-state index in [-0.39, 0.29) is 12.4 Å². The van der Waals surface area contributed by atoms with Gasteiger partial charge in [0.15, 0.2) is 0 Å². The van der Waals surface area contributed by atoms with Crippen LogP contribution in [0.4, 0.5) is 0 Å². The van der Waals surface area contributed by atoms with Gasteiger partial charge in [-0.2, -0.15) is 0 Å². The second kappa shape index (κ2) is 4.97. The van der Waals surface area contributed by atoms with E-state index in [0.29, 0.717) is 17.9 Å². The molecule has 4 heteroatoms. The molecule has 4 nitrogen and oxygen atoms in total. The number of ether oxygens (including phenoxy) is 1. The largest absolute Gasteiger partial charge is 0.466 e. The molecule has 0 N–H and O–H groups in total. The van der Waals surface area contributed by atoms with Crippen LogP contribution in [0.25, 0.3) is 0 Å². The number of carbonyl (C=O) groups excluding carboxylic acids is 1. The van der Waals surface area contributed by atoms with Crippen molar-refractivity contribution in [3.63, 3.8) is 0 Å². The third kappa shape index (κ3) is 2.56. The molecule has 0 saturated carbocycles. The highest BCUT2D eigenvalue weighted by Crippen LogP contribution is 2.03. The first kappa shape index (κ1) is 10.2. The minimum Gasteiger partial charge on any atom is -0.466 e. The summed E-state index contributed by atoms with van der Waals surface area (Å²) < 4.78 is 4.78. The van der Waals surface area contributed by atoms with Crippen LogP contribution in [0, 0.1) is 12.3 Å². The lowest BCUT2D eigenvalue weighted by Crippen LogP contribution is -2.09. The van der Waals surface area contributed by atoms with E-state index in [1.54, 1.807) is 6.92 Å². The van der Waals surface area contributed by atoms with Crippen LogP contribution in [0.5, 0.6) is 0 Å². The van der Waals surface area contributed by atoms with Crippen LogP contribution in [0.15, 0.2) is 12.5 Å². The Morgan fingerprint density at radius 3 is 3.14 bits per heavy atom. The Morgan fingerprint density at radius 1 is 1.71 bits per heavy atom. The van der Waals surface area contributed by atoms with Crippen molar-refractivity contribution in [2.75, 3.05) is 6.61 Å². The van der Waals surface area contributed by atoms with Crippen molar-refractivity contribution in [3.8, 4) is 12.3 Å². The van der Waals surface area contributed by atoms with Gasteiger partial charge in [-0.1, -0.05) is 0 Å². The van der Waals surface area contributed by atoms with Crippen molar-refractivity contribution < 1.29 is 9.53 Å². The number of nitrogens with zero attached hydrogens (tertiary/aromatic N) is 2. The maximum Gasteiger partial charge on any atom is 0.310 e. The minimum atomic E-state index is -0.321. The molecule has 1 rings (SSSR count). The highest BCUT2D eigenvalue weighted by Gasteiger charge is 2.08. The van der Waals surface area contributed by atoms with Crippen molar-refractivity contribution in [2.24, 2.45) is 0 Å². The third-order valence-corrected chi connectivity index (χ3v) is 1.56. The molecule has 0 saturated heterocycles. The smallest absolute Gasteiger partial charge is 0.310 e. The van der Waals surface area contributed by atoms with E-state index in [0.717, 1.165) is 0 Å². The van der Waals surface area contributed by atoms with Crippen LogP contribution in [-0.4, -0.2) is 22.5 Å². The predicted molar refractivity (Wildman–Crippen MR) is 50.3 cm³/mol. The van der Waals surface area contributed by atoms with Gasteiger partial charge in [0, 0.05) is 11.8 Å². The SMILES string of the molecule is C#Cc1ncncc1CC(=O)OCC. The Hall–Kier alpha value is -1.89. The number of esters is 1. The number of aromatic nitrogens is 2. The summed E-state index contributed by atoms with van der Waals surface area (Å²) in [5.74, 6) is 2.06. The molecule has 0 atom stereocenters. The van der Waals surface area contributed by atoms with E-state index in [1.807, 2.05) is 0 Å². The van der Waals surface area contributed by atoms with Gasteiger partial charge in [0.05, 0.1) is 13.0 Å². The number of rotatable bonds is 3. The molecule has 0 aliphatic heterocycles. The first-order valence-corrected chi connectivity index (χ1v) is 4.19. The molecule has 72 valence electrons. The quantitative estimate of drug-likeness (QED) is 0.516. The minimum absolute atomic E-state index is 0.119. The zero-order valence-corrected chi connectivity index (χ0v) is 7.86. The molecule has 0 bridgehead atoms. The maximum absolute atomic E-state index is 11.1. The summed E-state index contributed by atoms with van der Waals surface area (Å²) >= 11 is 0. The first-order chi connectivity index (χ1) is 6.77. The molecule has 0 unspecified atom stereocenters. The van der Waals surface area contributed by atoms with E-state index >= 15 is 0 Å². The van der Waals surface area contributed by atoms with Crippen molar-refractivity contribution in [1.82, 2.24) is 9.97 Å². The Bertz CT molecular complexity index is 369. The molecule has 0 aromatic carbocycles. The second-order valence-electron chi connectivity index (χ2n) is 2.52. The van der Waals surface area contributed by atoms with E-state index in [4.69, 9.17) is 11.2 Å². The molecule has 0 spiro atoms. The second-order valence-corrected chi connectivity index (χ2v) is 2.52. The van der Waals surface area contributed by atoms with Crippen LogP contribution >= 0.6 is 0 Å². The van der Waals surface area contributed by atoms with Crippen molar-refractivity contribution >= 4 is 5.97 Å². The monoisotopic (exact) mass is 190 g/mol. The zero-order valence-electron chi connectivity index (χ0n) is 7.86. The van der Waals surface area contributed by atoms with Gasteiger partial charge in [0.2, 0.25) is 0 Å². The first-order valence-electron chi connectivity index (χ1n) is 4.19. The molecule has 14 heavy (non-hydrogen) atoms. The summed E-state index contributed by atoms with van der Waals surface area (Å²) in [5, 5.41) is 0. The highest BCUT2D eigenvalue weighted by atomic mass is 16.5. The topological polar surface area (TPSA) is 52.1 Å². The van der Waals surface area contributed by atoms with E-state index in [1.165, 1.54) is 12.5 Å². The molecule has 0 aliphatic carbocycles. The molecule has 0 amide bonds. The number of hydrogen-bond acceptors (Lipinski definition) is 4. The normalized spacial score (nSPS) is 9.14. The number of terminal acetylenes is 1. The average molecular weight is 190 g/mol. The van der Waals surface area contributed by atoms with Gasteiger partial charge in [-0.15, -0.1) is 6.42 Å². The zero-order chi connectivity index (χ0) is 10.4. The lowest BCUT2D eigenvalue weighted by Gasteiger charge is -2.02. The summed E-state index contributed by atoms with van der Waals surface area (Å²) in [6, 6.07) is 0. The highest BCUT2D eigenvalue weighted by molar-refractivity contribution is 5.73. The molecule has 0 aliphatic rings. The number of carbonyl (C=O) groups is 1. The van der Waals surface area contributed by atoms with Gasteiger partial charge >= 0.3 is 5.97 Å². The molecular weight excluding hydrogens is 180 g/mol. The van der Waals surface area contributed by atoms with Crippen LogP contribution in [0.3, 0.4) is 0 Å². The maximum atomic E-state index is 11.1. The van der Waals surface area contributed by atoms with Crippen LogP contribution < -0.4 is 0 Å². The third-order valence-electron chi connectivity index (χ3n) is 1.56. The van der Waals surface area contributed by atoms with Crippen molar-refractivity contribution in [1.29, 1.82) is 0 Å². The molecule has 1 aromatic rings. The lowest BCUT2D eigenvalue weighted by atomic mass is 10.2. The Labute approximate surface area is 82.3 Å². The molecule has 1 aromatic heterocycles. The lowest BCUT2D eigenvalue weighted by molar-refractivity contribution is -0.142. The number of hydrogen-bond donors (Lipinski definition) is 0. The Kier molecular flexibility index (Phi) is 3.62. The van der Waals surface area contributed by atoms with Gasteiger partial charge in [-0.05, 0) is 12.8 Å². The fraction of sp³-hybridized carbons (Fsp3) is 0.300. The summed E-state index contributed by atoms with van der Waals surface area (Å²) in [7, 11) is 0. The van der Waals surface area contributed by atoms with E-state index < -0.39 is 0 Å². The van der Waals surface area contributed by atoms with Crippen molar-refractivity contribution in [3.05, 3.63) is 23.8 Å². The average Bonchev–Trinajstić information content (AvgIpc) is 2.19. The van der Waals surface area contributed by atoms with Gasteiger partial charge in [-0.3, -0.25) is 4.79 Å². The van der Waals surface area contributed by atoms with E-state index in [2.05, 4.69) is 15.9 Å². The van der Waals surface area contributed by atoms with Gasteiger partial charge < -0.3 is 4.74 Å². The summed E-state index contributed by atoms with van der Waals surface area (Å²) in [5.41, 5.74) is 1.06. The van der Waals surface area contributed by atoms with Gasteiger partial charge in [0.1, 0.15) is 12.0 Å². The van der Waals surface area contributed by atoms with Crippen LogP contribution in [-0.2, 0) is 16.0 Å². The molecule has 0 fully saturated rings. The predicted octanol–water partition coefficient (Wildman–Crippen LogP) is 0.563. The summed E-state index contributed by atoms with van der Waals surface area (Å²) in [6.45, 7) is 2.11. The standard InChI is InChI=1S/C10H10N2O2/c1-3-9-8(6-11-7-12-9)5-10(13)14-4-2/h1,6-7H,4-5H2,2H3. The molecule has 0 radical (unpaired) electrons. The molecular formula is C10H10N2O2.